The van der Waals surface area contributed by atoms with Crippen LogP contribution >= 0.6 is 0 Å². The smallest absolute Gasteiger partial charge is 0.325 e. The highest BCUT2D eigenvalue weighted by atomic mass is 32.2. The number of carboxylic acids is 1. The van der Waals surface area contributed by atoms with E-state index in [1.165, 1.54) is 20.1 Å². The van der Waals surface area contributed by atoms with Crippen molar-refractivity contribution in [1.29, 1.82) is 0 Å². The van der Waals surface area contributed by atoms with Gasteiger partial charge in [0.2, 0.25) is 10.3 Å². The molecular formula is C11H13NO5S. The minimum absolute atomic E-state index is 0.423. The highest BCUT2D eigenvalue weighted by molar-refractivity contribution is 7.71. The monoisotopic (exact) mass is 271 g/mol. The van der Waals surface area contributed by atoms with Gasteiger partial charge in [0.05, 0.1) is 18.2 Å². The number of hydrogen-bond donors (Lipinski definition) is 2. The van der Waals surface area contributed by atoms with Gasteiger partial charge in [-0.25, -0.2) is 0 Å². The molecule has 7 heteroatoms. The maximum absolute atomic E-state index is 10.8. The van der Waals surface area contributed by atoms with Crippen LogP contribution < -0.4 is 10.1 Å². The second-order valence-corrected chi connectivity index (χ2v) is 4.30. The lowest BCUT2D eigenvalue weighted by Crippen LogP contribution is -2.25. The number of carboxylic acid groups (broad SMARTS) is 1. The summed E-state index contributed by atoms with van der Waals surface area (Å²) in [5.41, 5.74) is 0.857. The molecule has 6 nitrogen and oxygen atoms in total. The fraction of sp³-hybridized carbons (Fsp3) is 0.273. The Bertz CT molecular complexity index is 571. The molecule has 0 heterocycles. The third-order valence-electron chi connectivity index (χ3n) is 2.20. The first-order chi connectivity index (χ1) is 8.43. The Balaban J connectivity index is 3.14. The number of anilines is 1. The largest absolute Gasteiger partial charge is 0.495 e. The molecule has 0 aromatic heterocycles. The Morgan fingerprint density at radius 3 is 2.67 bits per heavy atom. The molecule has 0 aliphatic heterocycles. The molecule has 0 amide bonds. The van der Waals surface area contributed by atoms with Crippen LogP contribution in [-0.4, -0.2) is 38.0 Å². The number of rotatable bonds is 5. The number of carbonyl (C=O) groups is 1. The zero-order valence-corrected chi connectivity index (χ0v) is 10.7. The fourth-order valence-corrected chi connectivity index (χ4v) is 1.69. The number of hydrogen-bond acceptors (Lipinski definition) is 5. The molecule has 98 valence electrons. The Labute approximate surface area is 106 Å². The fourth-order valence-electron chi connectivity index (χ4n) is 1.32. The summed E-state index contributed by atoms with van der Waals surface area (Å²) in [6, 6.07) is 3.82. The standard InChI is InChI=1S/C11H13NO5S/c1-7(11(13)14)12-9-5-8(6-18(15)16)3-4-10(9)17-2/h3-7,12H,1-2H3,(H,13,14). The van der Waals surface area contributed by atoms with Gasteiger partial charge in [0.1, 0.15) is 11.8 Å². The van der Waals surface area contributed by atoms with Gasteiger partial charge in [-0.15, -0.1) is 0 Å². The summed E-state index contributed by atoms with van der Waals surface area (Å²) < 4.78 is 26.2. The molecule has 18 heavy (non-hydrogen) atoms. The van der Waals surface area contributed by atoms with Gasteiger partial charge in [-0.2, -0.15) is 8.42 Å². The van der Waals surface area contributed by atoms with Crippen LogP contribution in [-0.2, 0) is 15.1 Å². The van der Waals surface area contributed by atoms with Crippen LogP contribution in [0.25, 0.3) is 0 Å². The van der Waals surface area contributed by atoms with Crippen molar-refractivity contribution in [1.82, 2.24) is 0 Å². The highest BCUT2D eigenvalue weighted by Gasteiger charge is 2.13. The average Bonchev–Trinajstić information content (AvgIpc) is 2.28. The van der Waals surface area contributed by atoms with E-state index >= 15 is 0 Å². The minimum Gasteiger partial charge on any atom is -0.495 e. The lowest BCUT2D eigenvalue weighted by Gasteiger charge is -2.14. The van der Waals surface area contributed by atoms with Crippen molar-refractivity contribution in [3.63, 3.8) is 0 Å². The van der Waals surface area contributed by atoms with Gasteiger partial charge in [0.15, 0.2) is 0 Å². The van der Waals surface area contributed by atoms with Crippen molar-refractivity contribution < 1.29 is 23.1 Å². The van der Waals surface area contributed by atoms with Crippen LogP contribution in [0.15, 0.2) is 18.2 Å². The van der Waals surface area contributed by atoms with E-state index in [2.05, 4.69) is 5.32 Å². The van der Waals surface area contributed by atoms with E-state index < -0.39 is 22.3 Å². The first-order valence-corrected chi connectivity index (χ1v) is 6.18. The lowest BCUT2D eigenvalue weighted by molar-refractivity contribution is -0.137. The van der Waals surface area contributed by atoms with Gasteiger partial charge in [-0.1, -0.05) is 6.07 Å². The third-order valence-corrected chi connectivity index (χ3v) is 2.66. The van der Waals surface area contributed by atoms with Crippen molar-refractivity contribution in [3.05, 3.63) is 23.8 Å². The van der Waals surface area contributed by atoms with E-state index in [4.69, 9.17) is 9.84 Å². The predicted octanol–water partition coefficient (Wildman–Crippen LogP) is 0.610. The van der Waals surface area contributed by atoms with Crippen molar-refractivity contribution in [2.45, 2.75) is 13.0 Å². The lowest BCUT2D eigenvalue weighted by atomic mass is 10.2. The van der Waals surface area contributed by atoms with E-state index in [1.807, 2.05) is 0 Å². The van der Waals surface area contributed by atoms with Crippen LogP contribution in [0.2, 0.25) is 0 Å². The number of aliphatic carboxylic acids is 1. The Morgan fingerprint density at radius 1 is 1.50 bits per heavy atom. The van der Waals surface area contributed by atoms with Crippen molar-refractivity contribution >= 4 is 27.3 Å². The molecule has 0 radical (unpaired) electrons. The first kappa shape index (κ1) is 14.0. The summed E-state index contributed by atoms with van der Waals surface area (Å²) in [4.78, 5) is 10.8. The zero-order chi connectivity index (χ0) is 13.7. The molecule has 0 fully saturated rings. The summed E-state index contributed by atoms with van der Waals surface area (Å²) in [5.74, 6) is -0.573. The van der Waals surface area contributed by atoms with Crippen molar-refractivity contribution in [3.8, 4) is 5.75 Å². The van der Waals surface area contributed by atoms with Gasteiger partial charge in [0.25, 0.3) is 0 Å². The molecule has 1 unspecified atom stereocenters. The number of ether oxygens (including phenoxy) is 1. The van der Waals surface area contributed by atoms with Crippen molar-refractivity contribution in [2.75, 3.05) is 12.4 Å². The zero-order valence-electron chi connectivity index (χ0n) is 9.88. The number of nitrogens with one attached hydrogen (secondary N) is 1. The SMILES string of the molecule is COc1ccc(C=S(=O)=O)cc1NC(C)C(=O)O. The summed E-state index contributed by atoms with van der Waals surface area (Å²) in [7, 11) is -0.869. The summed E-state index contributed by atoms with van der Waals surface area (Å²) in [6.45, 7) is 1.48. The van der Waals surface area contributed by atoms with Crippen LogP contribution in [0, 0.1) is 0 Å². The molecule has 2 N–H and O–H groups in total. The molecule has 0 aliphatic carbocycles. The van der Waals surface area contributed by atoms with E-state index in [-0.39, 0.29) is 0 Å². The Kier molecular flexibility index (Phi) is 4.73. The van der Waals surface area contributed by atoms with E-state index in [1.54, 1.807) is 12.1 Å². The summed E-state index contributed by atoms with van der Waals surface area (Å²) in [5, 5.41) is 12.6. The number of benzene rings is 1. The predicted molar refractivity (Wildman–Crippen MR) is 67.8 cm³/mol. The molecule has 1 aromatic rings. The quantitative estimate of drug-likeness (QED) is 0.762. The highest BCUT2D eigenvalue weighted by Crippen LogP contribution is 2.25. The topological polar surface area (TPSA) is 92.7 Å². The van der Waals surface area contributed by atoms with Gasteiger partial charge in [-0.3, -0.25) is 4.79 Å². The van der Waals surface area contributed by atoms with E-state index in [0.717, 1.165) is 5.37 Å². The normalized spacial score (nSPS) is 11.4. The molecule has 0 saturated heterocycles. The molecule has 0 bridgehead atoms. The second kappa shape index (κ2) is 6.06. The second-order valence-electron chi connectivity index (χ2n) is 3.54. The van der Waals surface area contributed by atoms with E-state index in [0.29, 0.717) is 17.0 Å². The molecule has 0 spiro atoms. The summed E-state index contributed by atoms with van der Waals surface area (Å²) in [6.07, 6.45) is 0. The Morgan fingerprint density at radius 2 is 2.17 bits per heavy atom. The van der Waals surface area contributed by atoms with Gasteiger partial charge >= 0.3 is 5.97 Å². The number of methoxy groups -OCH3 is 1. The van der Waals surface area contributed by atoms with Gasteiger partial charge in [-0.05, 0) is 24.6 Å². The molecule has 1 atom stereocenters. The minimum atomic E-state index is -2.31. The van der Waals surface area contributed by atoms with Crippen LogP contribution in [0.4, 0.5) is 5.69 Å². The third kappa shape index (κ3) is 3.77. The van der Waals surface area contributed by atoms with Gasteiger partial charge in [0, 0.05) is 0 Å². The maximum atomic E-state index is 10.8. The molecule has 1 aromatic carbocycles. The van der Waals surface area contributed by atoms with Crippen molar-refractivity contribution in [2.24, 2.45) is 0 Å². The van der Waals surface area contributed by atoms with E-state index in [9.17, 15) is 13.2 Å². The maximum Gasteiger partial charge on any atom is 0.325 e. The van der Waals surface area contributed by atoms with Crippen LogP contribution in [0.3, 0.4) is 0 Å². The molecule has 1 rings (SSSR count). The Hall–Kier alpha value is -2.02. The molecule has 0 saturated carbocycles. The van der Waals surface area contributed by atoms with Gasteiger partial charge < -0.3 is 15.2 Å². The van der Waals surface area contributed by atoms with Crippen LogP contribution in [0.1, 0.15) is 12.5 Å². The molecular weight excluding hydrogens is 258 g/mol. The average molecular weight is 271 g/mol. The summed E-state index contributed by atoms with van der Waals surface area (Å²) >= 11 is 0. The first-order valence-electron chi connectivity index (χ1n) is 5.04. The van der Waals surface area contributed by atoms with Crippen LogP contribution in [0.5, 0.6) is 5.75 Å². The molecule has 0 aliphatic rings.